The summed E-state index contributed by atoms with van der Waals surface area (Å²) in [7, 11) is 0. The molecule has 0 spiro atoms. The van der Waals surface area contributed by atoms with E-state index in [2.05, 4.69) is 4.84 Å². The second kappa shape index (κ2) is 7.90. The predicted molar refractivity (Wildman–Crippen MR) is 98.8 cm³/mol. The van der Waals surface area contributed by atoms with Gasteiger partial charge in [0.1, 0.15) is 24.4 Å². The van der Waals surface area contributed by atoms with Crippen LogP contribution in [0.4, 0.5) is 0 Å². The summed E-state index contributed by atoms with van der Waals surface area (Å²) in [6.07, 6.45) is -2.48. The Hall–Kier alpha value is -1.42. The predicted octanol–water partition coefficient (Wildman–Crippen LogP) is 3.90. The summed E-state index contributed by atoms with van der Waals surface area (Å²) in [5, 5.41) is 10.4. The van der Waals surface area contributed by atoms with Crippen molar-refractivity contribution in [2.24, 2.45) is 0 Å². The summed E-state index contributed by atoms with van der Waals surface area (Å²) in [5.41, 5.74) is 0.914. The number of benzene rings is 1. The maximum Gasteiger partial charge on any atom is 0.294 e. The van der Waals surface area contributed by atoms with E-state index in [9.17, 15) is 10.1 Å². The minimum atomic E-state index is -0.821. The Kier molecular flexibility index (Phi) is 5.54. The Labute approximate surface area is 168 Å². The Bertz CT molecular complexity index is 816. The van der Waals surface area contributed by atoms with Gasteiger partial charge in [0.05, 0.1) is 17.6 Å². The zero-order valence-electron chi connectivity index (χ0n) is 13.8. The second-order valence-electron chi connectivity index (χ2n) is 6.21. The first-order chi connectivity index (χ1) is 13.0. The Morgan fingerprint density at radius 2 is 1.74 bits per heavy atom. The van der Waals surface area contributed by atoms with Crippen molar-refractivity contribution < 1.29 is 24.1 Å². The zero-order chi connectivity index (χ0) is 19.0. The summed E-state index contributed by atoms with van der Waals surface area (Å²) >= 11 is 13.5. The maximum absolute atomic E-state index is 10.6. The molecule has 0 saturated carbocycles. The van der Waals surface area contributed by atoms with Crippen molar-refractivity contribution in [2.45, 2.75) is 30.5 Å². The quantitative estimate of drug-likeness (QED) is 0.509. The van der Waals surface area contributed by atoms with E-state index in [4.69, 9.17) is 37.4 Å². The lowest BCUT2D eigenvalue weighted by molar-refractivity contribution is -0.769. The van der Waals surface area contributed by atoms with Gasteiger partial charge in [-0.15, -0.1) is 21.5 Å². The molecule has 10 heteroatoms. The Morgan fingerprint density at radius 3 is 2.37 bits per heavy atom. The smallest absolute Gasteiger partial charge is 0.294 e. The van der Waals surface area contributed by atoms with Crippen LogP contribution in [-0.2, 0) is 19.0 Å². The number of ether oxygens (including phenoxy) is 3. The highest BCUT2D eigenvalue weighted by atomic mass is 35.5. The molecule has 0 aliphatic carbocycles. The van der Waals surface area contributed by atoms with Crippen molar-refractivity contribution in [1.82, 2.24) is 0 Å². The van der Waals surface area contributed by atoms with Crippen LogP contribution in [0.15, 0.2) is 36.4 Å². The number of hydrogen-bond acceptors (Lipinski definition) is 7. The van der Waals surface area contributed by atoms with E-state index in [-0.39, 0.29) is 19.3 Å². The molecule has 3 heterocycles. The van der Waals surface area contributed by atoms with E-state index in [1.165, 1.54) is 11.3 Å². The molecule has 2 saturated heterocycles. The molecule has 0 bridgehead atoms. The topological polar surface area (TPSA) is 80.1 Å². The first kappa shape index (κ1) is 18.9. The van der Waals surface area contributed by atoms with Crippen LogP contribution < -0.4 is 0 Å². The molecule has 4 rings (SSSR count). The van der Waals surface area contributed by atoms with Crippen LogP contribution in [0.2, 0.25) is 9.36 Å². The van der Waals surface area contributed by atoms with Gasteiger partial charge in [-0.3, -0.25) is 0 Å². The van der Waals surface area contributed by atoms with E-state index in [1.807, 2.05) is 24.3 Å². The molecule has 2 aliphatic rings. The van der Waals surface area contributed by atoms with Crippen molar-refractivity contribution in [3.63, 3.8) is 0 Å². The van der Waals surface area contributed by atoms with E-state index in [1.54, 1.807) is 12.1 Å². The molecule has 1 aromatic carbocycles. The molecule has 2 aliphatic heterocycles. The highest BCUT2D eigenvalue weighted by Crippen LogP contribution is 2.38. The largest absolute Gasteiger partial charge is 0.370 e. The average Bonchev–Trinajstić information content (AvgIpc) is 3.32. The van der Waals surface area contributed by atoms with Gasteiger partial charge >= 0.3 is 0 Å². The van der Waals surface area contributed by atoms with Crippen molar-refractivity contribution in [1.29, 1.82) is 0 Å². The molecule has 0 N–H and O–H groups in total. The molecule has 27 heavy (non-hydrogen) atoms. The molecule has 1 aromatic heterocycles. The van der Waals surface area contributed by atoms with Crippen molar-refractivity contribution in [3.8, 4) is 0 Å². The van der Waals surface area contributed by atoms with Crippen molar-refractivity contribution in [3.05, 3.63) is 66.3 Å². The van der Waals surface area contributed by atoms with Gasteiger partial charge in [-0.1, -0.05) is 35.3 Å². The van der Waals surface area contributed by atoms with E-state index >= 15 is 0 Å². The first-order valence-electron chi connectivity index (χ1n) is 8.22. The highest BCUT2D eigenvalue weighted by Gasteiger charge is 2.50. The fourth-order valence-corrected chi connectivity index (χ4v) is 4.59. The molecule has 7 nitrogen and oxygen atoms in total. The number of rotatable bonds is 6. The third-order valence-electron chi connectivity index (χ3n) is 4.52. The summed E-state index contributed by atoms with van der Waals surface area (Å²) in [6, 6.07) is 11.1. The molecule has 0 amide bonds. The van der Waals surface area contributed by atoms with Crippen molar-refractivity contribution >= 4 is 34.5 Å². The van der Waals surface area contributed by atoms with Gasteiger partial charge in [0.15, 0.2) is 6.10 Å². The van der Waals surface area contributed by atoms with Gasteiger partial charge in [0.2, 0.25) is 0 Å². The lowest BCUT2D eigenvalue weighted by atomic mass is 10.1. The lowest BCUT2D eigenvalue weighted by Crippen LogP contribution is -2.35. The monoisotopic (exact) mass is 431 g/mol. The molecule has 0 radical (unpaired) electrons. The summed E-state index contributed by atoms with van der Waals surface area (Å²) in [5.74, 6) is 0. The van der Waals surface area contributed by atoms with E-state index in [0.717, 1.165) is 10.4 Å². The van der Waals surface area contributed by atoms with Crippen LogP contribution in [0.25, 0.3) is 0 Å². The minimum Gasteiger partial charge on any atom is -0.370 e. The normalized spacial score (nSPS) is 28.1. The van der Waals surface area contributed by atoms with Crippen LogP contribution in [0.1, 0.15) is 16.5 Å². The summed E-state index contributed by atoms with van der Waals surface area (Å²) < 4.78 is 18.3. The number of hydrogen-bond donors (Lipinski definition) is 0. The van der Waals surface area contributed by atoms with Crippen LogP contribution >= 0.6 is 34.5 Å². The van der Waals surface area contributed by atoms with Gasteiger partial charge in [-0.2, -0.15) is 0 Å². The van der Waals surface area contributed by atoms with E-state index < -0.39 is 29.5 Å². The van der Waals surface area contributed by atoms with Gasteiger partial charge in [0.25, 0.3) is 5.09 Å². The molecule has 1 unspecified atom stereocenters. The SMILES string of the molecule is O=[N+]([O-])O[C@@H]1CO[C@H]2[C@@H]1OC[C@@H]2OC(c1ccc(Cl)cc1)c1ccc(Cl)s1. The van der Waals surface area contributed by atoms with Crippen LogP contribution in [-0.4, -0.2) is 42.7 Å². The third-order valence-corrected chi connectivity index (χ3v) is 6.05. The summed E-state index contributed by atoms with van der Waals surface area (Å²) in [4.78, 5) is 16.2. The number of fused-ring (bicyclic) bond motifs is 1. The molecule has 144 valence electrons. The number of nitrogens with zero attached hydrogens (tertiary/aromatic N) is 1. The number of thiophene rings is 1. The molecule has 2 aromatic rings. The van der Waals surface area contributed by atoms with Gasteiger partial charge < -0.3 is 19.0 Å². The Balaban J connectivity index is 1.54. The third kappa shape index (κ3) is 4.06. The van der Waals surface area contributed by atoms with Gasteiger partial charge in [-0.25, -0.2) is 0 Å². The van der Waals surface area contributed by atoms with Crippen LogP contribution in [0.5, 0.6) is 0 Å². The summed E-state index contributed by atoms with van der Waals surface area (Å²) in [6.45, 7) is 0.350. The van der Waals surface area contributed by atoms with E-state index in [0.29, 0.717) is 9.36 Å². The van der Waals surface area contributed by atoms with Gasteiger partial charge in [-0.05, 0) is 29.8 Å². The second-order valence-corrected chi connectivity index (χ2v) is 8.39. The molecule has 2 fully saturated rings. The number of halogens is 2. The standard InChI is InChI=1S/C17H15Cl2NO6S/c18-10-3-1-9(2-4-10)15(13-5-6-14(19)27-13)25-11-7-23-17-12(26-20(21)22)8-24-16(11)17/h1-6,11-12,15-17H,7-8H2/t11-,12+,15?,16+,17+/m0/s1. The maximum atomic E-state index is 10.6. The highest BCUT2D eigenvalue weighted by molar-refractivity contribution is 7.16. The Morgan fingerprint density at radius 1 is 1.07 bits per heavy atom. The molecular weight excluding hydrogens is 417 g/mol. The molecule has 5 atom stereocenters. The lowest BCUT2D eigenvalue weighted by Gasteiger charge is -2.24. The fraction of sp³-hybridized carbons (Fsp3) is 0.412. The average molecular weight is 432 g/mol. The first-order valence-corrected chi connectivity index (χ1v) is 9.79. The van der Waals surface area contributed by atoms with Crippen LogP contribution in [0.3, 0.4) is 0 Å². The molecular formula is C17H15Cl2NO6S. The fourth-order valence-electron chi connectivity index (χ4n) is 3.34. The zero-order valence-corrected chi connectivity index (χ0v) is 16.2. The van der Waals surface area contributed by atoms with Crippen LogP contribution in [0, 0.1) is 10.1 Å². The van der Waals surface area contributed by atoms with Crippen molar-refractivity contribution in [2.75, 3.05) is 13.2 Å². The minimum absolute atomic E-state index is 0.0899. The van der Waals surface area contributed by atoms with Gasteiger partial charge in [0, 0.05) is 9.90 Å².